The van der Waals surface area contributed by atoms with Gasteiger partial charge in [0.25, 0.3) is 0 Å². The third kappa shape index (κ3) is 4.78. The Balaban J connectivity index is 1.43. The zero-order valence-electron chi connectivity index (χ0n) is 14.4. The number of nitrogens with zero attached hydrogens (tertiary/aromatic N) is 4. The quantitative estimate of drug-likeness (QED) is 0.753. The van der Waals surface area contributed by atoms with Crippen LogP contribution < -0.4 is 0 Å². The molecule has 2 N–H and O–H groups in total. The molecule has 0 radical (unpaired) electrons. The minimum Gasteiger partial charge on any atom is -0.395 e. The fourth-order valence-corrected chi connectivity index (χ4v) is 3.77. The van der Waals surface area contributed by atoms with Gasteiger partial charge in [-0.05, 0) is 31.2 Å². The van der Waals surface area contributed by atoms with Crippen LogP contribution in [0.4, 0.5) is 0 Å². The molecule has 0 spiro atoms. The van der Waals surface area contributed by atoms with E-state index in [2.05, 4.69) is 20.0 Å². The third-order valence-electron chi connectivity index (χ3n) is 5.18. The number of amides is 1. The Kier molecular flexibility index (Phi) is 6.23. The summed E-state index contributed by atoms with van der Waals surface area (Å²) in [6, 6.07) is 2.02. The highest BCUT2D eigenvalue weighted by molar-refractivity contribution is 5.78. The molecule has 2 aliphatic rings. The number of aromatic nitrogens is 2. The normalized spacial score (nSPS) is 23.5. The highest BCUT2D eigenvalue weighted by atomic mass is 16.3. The number of carbonyl (C=O) groups excluding carboxylic acids is 1. The molecule has 24 heavy (non-hydrogen) atoms. The number of aliphatic hydroxyl groups is 1. The Hall–Kier alpha value is -1.44. The van der Waals surface area contributed by atoms with E-state index in [1.165, 1.54) is 6.42 Å². The van der Waals surface area contributed by atoms with Crippen molar-refractivity contribution in [3.63, 3.8) is 0 Å². The molecule has 0 bridgehead atoms. The van der Waals surface area contributed by atoms with Crippen LogP contribution in [0, 0.1) is 5.92 Å². The molecule has 0 saturated carbocycles. The summed E-state index contributed by atoms with van der Waals surface area (Å²) in [7, 11) is 0. The van der Waals surface area contributed by atoms with Crippen LogP contribution in [-0.4, -0.2) is 94.9 Å². The summed E-state index contributed by atoms with van der Waals surface area (Å²) in [6.07, 6.45) is 5.04. The highest BCUT2D eigenvalue weighted by Gasteiger charge is 2.26. The minimum absolute atomic E-state index is 0.213. The molecule has 7 nitrogen and oxygen atoms in total. The van der Waals surface area contributed by atoms with Crippen molar-refractivity contribution in [2.24, 2.45) is 5.92 Å². The van der Waals surface area contributed by atoms with Crippen molar-refractivity contribution in [3.8, 4) is 0 Å². The SMILES string of the molecule is O=C(CN1CCN(CCO)CC1)N1CCC[C@@H](Cc2ccn[nH]2)C1. The number of hydrogen-bond acceptors (Lipinski definition) is 5. The summed E-state index contributed by atoms with van der Waals surface area (Å²) in [5, 5.41) is 16.0. The number of carbonyl (C=O) groups is 1. The van der Waals surface area contributed by atoms with Gasteiger partial charge >= 0.3 is 0 Å². The lowest BCUT2D eigenvalue weighted by molar-refractivity contribution is -0.134. The molecule has 0 aromatic carbocycles. The number of likely N-dealkylation sites (tertiary alicyclic amines) is 1. The van der Waals surface area contributed by atoms with Gasteiger partial charge in [-0.15, -0.1) is 0 Å². The molecule has 0 unspecified atom stereocenters. The van der Waals surface area contributed by atoms with Crippen molar-refractivity contribution in [2.75, 3.05) is 59.0 Å². The molecule has 0 aliphatic carbocycles. The number of piperidine rings is 1. The molecule has 2 saturated heterocycles. The van der Waals surface area contributed by atoms with Gasteiger partial charge in [-0.25, -0.2) is 0 Å². The summed E-state index contributed by atoms with van der Waals surface area (Å²) in [5.74, 6) is 0.796. The van der Waals surface area contributed by atoms with Gasteiger partial charge in [0.05, 0.1) is 13.2 Å². The summed E-state index contributed by atoms with van der Waals surface area (Å²) < 4.78 is 0. The first-order valence-corrected chi connectivity index (χ1v) is 9.06. The van der Waals surface area contributed by atoms with E-state index >= 15 is 0 Å². The van der Waals surface area contributed by atoms with Crippen LogP contribution in [0.5, 0.6) is 0 Å². The monoisotopic (exact) mass is 335 g/mol. The van der Waals surface area contributed by atoms with Gasteiger partial charge in [-0.2, -0.15) is 5.10 Å². The van der Waals surface area contributed by atoms with E-state index < -0.39 is 0 Å². The minimum atomic E-state index is 0.213. The van der Waals surface area contributed by atoms with E-state index in [4.69, 9.17) is 5.11 Å². The van der Waals surface area contributed by atoms with Crippen LogP contribution in [0.25, 0.3) is 0 Å². The maximum Gasteiger partial charge on any atom is 0.236 e. The molecule has 1 atom stereocenters. The highest BCUT2D eigenvalue weighted by Crippen LogP contribution is 2.20. The molecular formula is C17H29N5O2. The number of nitrogens with one attached hydrogen (secondary N) is 1. The molecule has 2 aliphatic heterocycles. The Bertz CT molecular complexity index is 499. The number of aromatic amines is 1. The molecule has 3 heterocycles. The molecule has 3 rings (SSSR count). The number of H-pyrrole nitrogens is 1. The van der Waals surface area contributed by atoms with E-state index in [9.17, 15) is 4.79 Å². The van der Waals surface area contributed by atoms with E-state index in [0.29, 0.717) is 12.5 Å². The number of piperazine rings is 1. The average molecular weight is 335 g/mol. The van der Waals surface area contributed by atoms with Gasteiger partial charge in [0.1, 0.15) is 0 Å². The van der Waals surface area contributed by atoms with Crippen molar-refractivity contribution in [1.82, 2.24) is 24.9 Å². The fraction of sp³-hybridized carbons (Fsp3) is 0.765. The Morgan fingerprint density at radius 1 is 1.25 bits per heavy atom. The topological polar surface area (TPSA) is 75.7 Å². The molecule has 1 amide bonds. The number of rotatable bonds is 6. The van der Waals surface area contributed by atoms with Gasteiger partial charge in [0, 0.05) is 57.7 Å². The molecule has 1 aromatic rings. The number of aliphatic hydroxyl groups excluding tert-OH is 1. The maximum atomic E-state index is 12.6. The summed E-state index contributed by atoms with van der Waals surface area (Å²) >= 11 is 0. The Morgan fingerprint density at radius 2 is 2.04 bits per heavy atom. The van der Waals surface area contributed by atoms with Crippen molar-refractivity contribution < 1.29 is 9.90 Å². The van der Waals surface area contributed by atoms with Crippen molar-refractivity contribution in [3.05, 3.63) is 18.0 Å². The summed E-state index contributed by atoms with van der Waals surface area (Å²) in [4.78, 5) is 19.2. The summed E-state index contributed by atoms with van der Waals surface area (Å²) in [5.41, 5.74) is 1.16. The van der Waals surface area contributed by atoms with Crippen molar-refractivity contribution >= 4 is 5.91 Å². The van der Waals surface area contributed by atoms with Crippen LogP contribution in [0.1, 0.15) is 18.5 Å². The predicted molar refractivity (Wildman–Crippen MR) is 91.6 cm³/mol. The van der Waals surface area contributed by atoms with Crippen molar-refractivity contribution in [2.45, 2.75) is 19.3 Å². The maximum absolute atomic E-state index is 12.6. The molecule has 7 heteroatoms. The van der Waals surface area contributed by atoms with Gasteiger partial charge < -0.3 is 10.0 Å². The Labute approximate surface area is 143 Å². The predicted octanol–water partition coefficient (Wildman–Crippen LogP) is -0.199. The van der Waals surface area contributed by atoms with Crippen LogP contribution in [0.2, 0.25) is 0 Å². The third-order valence-corrected chi connectivity index (χ3v) is 5.18. The fourth-order valence-electron chi connectivity index (χ4n) is 3.77. The summed E-state index contributed by atoms with van der Waals surface area (Å²) in [6.45, 7) is 6.95. The van der Waals surface area contributed by atoms with E-state index in [-0.39, 0.29) is 12.5 Å². The second kappa shape index (κ2) is 8.60. The standard InChI is InChI=1S/C17H29N5O2/c23-11-10-20-6-8-21(9-7-20)14-17(24)22-5-1-2-15(13-22)12-16-3-4-18-19-16/h3-4,15,23H,1-2,5-14H2,(H,18,19)/t15-/m0/s1. The lowest BCUT2D eigenvalue weighted by atomic mass is 9.93. The zero-order valence-corrected chi connectivity index (χ0v) is 14.4. The first-order valence-electron chi connectivity index (χ1n) is 9.06. The molecule has 2 fully saturated rings. The van der Waals surface area contributed by atoms with Gasteiger partial charge in [-0.1, -0.05) is 0 Å². The van der Waals surface area contributed by atoms with E-state index in [0.717, 1.165) is 64.3 Å². The van der Waals surface area contributed by atoms with E-state index in [1.807, 2.05) is 11.0 Å². The van der Waals surface area contributed by atoms with Crippen LogP contribution in [-0.2, 0) is 11.2 Å². The molecule has 134 valence electrons. The van der Waals surface area contributed by atoms with Crippen LogP contribution >= 0.6 is 0 Å². The lowest BCUT2D eigenvalue weighted by Gasteiger charge is -2.37. The first-order chi connectivity index (χ1) is 11.7. The van der Waals surface area contributed by atoms with Crippen LogP contribution in [0.15, 0.2) is 12.3 Å². The molecule has 1 aromatic heterocycles. The van der Waals surface area contributed by atoms with Crippen molar-refractivity contribution in [1.29, 1.82) is 0 Å². The number of β-amino-alcohol motifs (C(OH)–C–C–N with tert-alkyl or cyclic N) is 1. The lowest BCUT2D eigenvalue weighted by Crippen LogP contribution is -2.51. The number of hydrogen-bond donors (Lipinski definition) is 2. The Morgan fingerprint density at radius 3 is 2.75 bits per heavy atom. The van der Waals surface area contributed by atoms with Crippen LogP contribution in [0.3, 0.4) is 0 Å². The largest absolute Gasteiger partial charge is 0.395 e. The van der Waals surface area contributed by atoms with Gasteiger partial charge in [0.2, 0.25) is 5.91 Å². The first kappa shape index (κ1) is 17.4. The molecular weight excluding hydrogens is 306 g/mol. The van der Waals surface area contributed by atoms with Gasteiger partial charge in [-0.3, -0.25) is 19.7 Å². The second-order valence-electron chi connectivity index (χ2n) is 6.98. The second-order valence-corrected chi connectivity index (χ2v) is 6.98. The average Bonchev–Trinajstić information content (AvgIpc) is 3.10. The van der Waals surface area contributed by atoms with Gasteiger partial charge in [0.15, 0.2) is 0 Å². The smallest absolute Gasteiger partial charge is 0.236 e. The van der Waals surface area contributed by atoms with E-state index in [1.54, 1.807) is 6.20 Å². The zero-order chi connectivity index (χ0) is 16.8.